The van der Waals surface area contributed by atoms with Gasteiger partial charge in [0, 0.05) is 6.92 Å². The van der Waals surface area contributed by atoms with Crippen LogP contribution in [0.15, 0.2) is 32.8 Å². The van der Waals surface area contributed by atoms with Crippen LogP contribution in [-0.4, -0.2) is 21.9 Å². The molecule has 1 amide bonds. The number of azo groups is 1. The van der Waals surface area contributed by atoms with Gasteiger partial charge in [0.2, 0.25) is 5.91 Å². The Morgan fingerprint density at radius 2 is 2.04 bits per heavy atom. The van der Waals surface area contributed by atoms with Crippen LogP contribution >= 0.6 is 23.1 Å². The highest BCUT2D eigenvalue weighted by atomic mass is 32.2. The monoisotopic (exact) mass is 363 g/mol. The summed E-state index contributed by atoms with van der Waals surface area (Å²) in [6.07, 6.45) is 0. The molecule has 0 aliphatic carbocycles. The Morgan fingerprint density at radius 1 is 1.29 bits per heavy atom. The summed E-state index contributed by atoms with van der Waals surface area (Å²) in [6, 6.07) is 5.79. The molecule has 0 fully saturated rings. The Bertz CT molecular complexity index is 749. The van der Waals surface area contributed by atoms with Gasteiger partial charge in [-0.25, -0.2) is 0 Å². The average molecular weight is 364 g/mol. The van der Waals surface area contributed by atoms with Crippen molar-refractivity contribution in [2.24, 2.45) is 10.2 Å². The lowest BCUT2D eigenvalue weighted by Gasteiger charge is -2.20. The number of amides is 1. The molecule has 0 aliphatic rings. The summed E-state index contributed by atoms with van der Waals surface area (Å²) >= 11 is 3.02. The predicted octanol–water partition coefficient (Wildman–Crippen LogP) is 5.32. The number of nitrogens with one attached hydrogen (secondary N) is 1. The van der Waals surface area contributed by atoms with Crippen molar-refractivity contribution in [1.29, 1.82) is 0 Å². The Balaban J connectivity index is 2.33. The zero-order valence-corrected chi connectivity index (χ0v) is 16.1. The third-order valence-corrected chi connectivity index (χ3v) is 4.90. The number of rotatable bonds is 5. The summed E-state index contributed by atoms with van der Waals surface area (Å²) in [7, 11) is 0. The second kappa shape index (κ2) is 7.85. The van der Waals surface area contributed by atoms with Crippen molar-refractivity contribution in [3.05, 3.63) is 23.8 Å². The van der Waals surface area contributed by atoms with Crippen LogP contribution in [0, 0.1) is 0 Å². The molecule has 0 radical (unpaired) electrons. The summed E-state index contributed by atoms with van der Waals surface area (Å²) in [5.74, 6) is 0.791. The van der Waals surface area contributed by atoms with Gasteiger partial charge >= 0.3 is 0 Å². The smallest absolute Gasteiger partial charge is 0.252 e. The molecule has 6 nitrogen and oxygen atoms in total. The van der Waals surface area contributed by atoms with Crippen LogP contribution in [0.2, 0.25) is 0 Å². The van der Waals surface area contributed by atoms with E-state index >= 15 is 0 Å². The minimum atomic E-state index is -0.146. The molecule has 0 atom stereocenters. The molecule has 8 heteroatoms. The van der Waals surface area contributed by atoms with Gasteiger partial charge in [-0.15, -0.1) is 20.4 Å². The van der Waals surface area contributed by atoms with Crippen molar-refractivity contribution >= 4 is 45.5 Å². The molecule has 0 spiro atoms. The first kappa shape index (κ1) is 18.5. The van der Waals surface area contributed by atoms with Gasteiger partial charge in [0.1, 0.15) is 5.69 Å². The number of nitrogens with zero attached hydrogens (tertiary/aromatic N) is 4. The number of benzene rings is 1. The minimum Gasteiger partial charge on any atom is -0.324 e. The third kappa shape index (κ3) is 5.10. The summed E-state index contributed by atoms with van der Waals surface area (Å²) in [6.45, 7) is 9.91. The van der Waals surface area contributed by atoms with Crippen molar-refractivity contribution in [3.63, 3.8) is 0 Å². The quantitative estimate of drug-likeness (QED) is 0.576. The van der Waals surface area contributed by atoms with Crippen LogP contribution in [0.3, 0.4) is 0 Å². The molecule has 0 aliphatic heterocycles. The number of hydrogen-bond acceptors (Lipinski definition) is 7. The summed E-state index contributed by atoms with van der Waals surface area (Å²) in [4.78, 5) is 11.4. The number of aromatic nitrogens is 2. The van der Waals surface area contributed by atoms with Crippen LogP contribution in [0.5, 0.6) is 0 Å². The van der Waals surface area contributed by atoms with E-state index in [0.717, 1.165) is 15.7 Å². The normalized spacial score (nSPS) is 11.9. The van der Waals surface area contributed by atoms with Crippen molar-refractivity contribution in [2.45, 2.75) is 44.4 Å². The Hall–Kier alpha value is -1.80. The van der Waals surface area contributed by atoms with Gasteiger partial charge in [0.15, 0.2) is 4.34 Å². The number of thioether (sulfide) groups is 1. The highest BCUT2D eigenvalue weighted by Crippen LogP contribution is 2.34. The molecule has 1 heterocycles. The molecule has 24 heavy (non-hydrogen) atoms. The van der Waals surface area contributed by atoms with Gasteiger partial charge in [-0.05, 0) is 28.9 Å². The first-order chi connectivity index (χ1) is 11.3. The molecule has 2 aromatic rings. The van der Waals surface area contributed by atoms with Gasteiger partial charge in [0.25, 0.3) is 5.13 Å². The van der Waals surface area contributed by atoms with E-state index in [1.807, 2.05) is 18.2 Å². The first-order valence-corrected chi connectivity index (χ1v) is 9.40. The minimum absolute atomic E-state index is 0.0211. The van der Waals surface area contributed by atoms with Crippen molar-refractivity contribution in [2.75, 3.05) is 11.1 Å². The van der Waals surface area contributed by atoms with Gasteiger partial charge < -0.3 is 5.32 Å². The molecule has 0 saturated heterocycles. The van der Waals surface area contributed by atoms with Gasteiger partial charge in [0.05, 0.1) is 5.69 Å². The number of carbonyl (C=O) groups excluding carboxylic acids is 1. The molecule has 0 bridgehead atoms. The van der Waals surface area contributed by atoms with E-state index in [0.29, 0.717) is 16.5 Å². The van der Waals surface area contributed by atoms with Crippen molar-refractivity contribution < 1.29 is 4.79 Å². The SMILES string of the molecule is CCSc1nnc(N=Nc2cc(C(C)(C)C)ccc2NC(C)=O)s1. The van der Waals surface area contributed by atoms with E-state index in [-0.39, 0.29) is 11.3 Å². The molecule has 1 N–H and O–H groups in total. The summed E-state index contributed by atoms with van der Waals surface area (Å²) in [5.41, 5.74) is 2.33. The van der Waals surface area contributed by atoms with Crippen LogP contribution in [0.1, 0.15) is 40.2 Å². The van der Waals surface area contributed by atoms with E-state index in [1.54, 1.807) is 11.8 Å². The van der Waals surface area contributed by atoms with Crippen molar-refractivity contribution in [1.82, 2.24) is 10.2 Å². The lowest BCUT2D eigenvalue weighted by Crippen LogP contribution is -2.12. The van der Waals surface area contributed by atoms with E-state index in [1.165, 1.54) is 18.3 Å². The van der Waals surface area contributed by atoms with Gasteiger partial charge in [-0.3, -0.25) is 4.79 Å². The molecule has 1 aromatic heterocycles. The molecule has 0 saturated carbocycles. The molecule has 2 rings (SSSR count). The topological polar surface area (TPSA) is 79.6 Å². The van der Waals surface area contributed by atoms with Crippen LogP contribution in [-0.2, 0) is 10.2 Å². The fourth-order valence-corrected chi connectivity index (χ4v) is 3.46. The summed E-state index contributed by atoms with van der Waals surface area (Å²) in [5, 5.41) is 19.8. The standard InChI is InChI=1S/C16H21N5OS2/c1-6-23-15-21-20-14(24-15)19-18-13-9-11(16(3,4)5)7-8-12(13)17-10(2)22/h7-9H,6H2,1-5H3,(H,17,22). The highest BCUT2D eigenvalue weighted by Gasteiger charge is 2.16. The number of anilines is 1. The van der Waals surface area contributed by atoms with Crippen LogP contribution in [0.4, 0.5) is 16.5 Å². The maximum absolute atomic E-state index is 11.4. The van der Waals surface area contributed by atoms with E-state index in [9.17, 15) is 4.79 Å². The van der Waals surface area contributed by atoms with Crippen molar-refractivity contribution in [3.8, 4) is 0 Å². The lowest BCUT2D eigenvalue weighted by atomic mass is 9.86. The van der Waals surface area contributed by atoms with Crippen LogP contribution in [0.25, 0.3) is 0 Å². The second-order valence-corrected chi connectivity index (χ2v) is 8.61. The third-order valence-electron chi connectivity index (χ3n) is 3.08. The average Bonchev–Trinajstić information content (AvgIpc) is 2.92. The molecule has 0 unspecified atom stereocenters. The fourth-order valence-electron chi connectivity index (χ4n) is 1.90. The number of hydrogen-bond donors (Lipinski definition) is 1. The van der Waals surface area contributed by atoms with E-state index in [4.69, 9.17) is 0 Å². The largest absolute Gasteiger partial charge is 0.324 e. The Morgan fingerprint density at radius 3 is 2.67 bits per heavy atom. The maximum Gasteiger partial charge on any atom is 0.252 e. The second-order valence-electron chi connectivity index (χ2n) is 6.15. The molecule has 1 aromatic carbocycles. The zero-order chi connectivity index (χ0) is 17.7. The predicted molar refractivity (Wildman–Crippen MR) is 99.9 cm³/mol. The summed E-state index contributed by atoms with van der Waals surface area (Å²) < 4.78 is 0.872. The molecule has 128 valence electrons. The Labute approximate surface area is 150 Å². The van der Waals surface area contributed by atoms with Gasteiger partial charge in [-0.1, -0.05) is 56.9 Å². The zero-order valence-electron chi connectivity index (χ0n) is 14.5. The first-order valence-electron chi connectivity index (χ1n) is 7.59. The van der Waals surface area contributed by atoms with Gasteiger partial charge in [-0.2, -0.15) is 0 Å². The molecular weight excluding hydrogens is 342 g/mol. The Kier molecular flexibility index (Phi) is 6.06. The maximum atomic E-state index is 11.4. The number of carbonyl (C=O) groups is 1. The fraction of sp³-hybridized carbons (Fsp3) is 0.438. The highest BCUT2D eigenvalue weighted by molar-refractivity contribution is 8.01. The molecular formula is C16H21N5OS2. The van der Waals surface area contributed by atoms with Crippen LogP contribution < -0.4 is 5.32 Å². The van der Waals surface area contributed by atoms with E-state index < -0.39 is 0 Å². The lowest BCUT2D eigenvalue weighted by molar-refractivity contribution is -0.114. The van der Waals surface area contributed by atoms with E-state index in [2.05, 4.69) is 53.4 Å².